The van der Waals surface area contributed by atoms with Crippen LogP contribution in [0.25, 0.3) is 0 Å². The molecule has 0 aromatic heterocycles. The van der Waals surface area contributed by atoms with Gasteiger partial charge in [0.05, 0.1) is 10.5 Å². The third kappa shape index (κ3) is 3.90. The molecule has 6 nitrogen and oxygen atoms in total. The largest absolute Gasteiger partial charge is 0.398 e. The monoisotopic (exact) mass is 327 g/mol. The summed E-state index contributed by atoms with van der Waals surface area (Å²) in [7, 11) is 1.68. The lowest BCUT2D eigenvalue weighted by atomic mass is 10.0. The maximum Gasteiger partial charge on any atom is 0.270 e. The van der Waals surface area contributed by atoms with E-state index in [4.69, 9.17) is 5.73 Å². The number of carbonyl (C=O) groups is 1. The second-order valence-electron chi connectivity index (χ2n) is 5.98. The van der Waals surface area contributed by atoms with Gasteiger partial charge in [0, 0.05) is 30.9 Å². The molecule has 2 aromatic carbocycles. The van der Waals surface area contributed by atoms with Crippen LogP contribution in [0.5, 0.6) is 0 Å². The molecular weight excluding hydrogens is 306 g/mol. The molecule has 0 radical (unpaired) electrons. The quantitative estimate of drug-likeness (QED) is 0.519. The van der Waals surface area contributed by atoms with Gasteiger partial charge in [-0.1, -0.05) is 29.8 Å². The summed E-state index contributed by atoms with van der Waals surface area (Å²) < 4.78 is 0. The summed E-state index contributed by atoms with van der Waals surface area (Å²) in [5.74, 6) is -0.323. The molecule has 0 aliphatic rings. The SMILES string of the molecule is Cc1ccc(C[C@@H](C)N(C)C(=O)c2cc([N+](=O)[O-])ccc2N)cc1. The Morgan fingerprint density at radius 1 is 1.25 bits per heavy atom. The molecule has 0 bridgehead atoms. The Labute approximate surface area is 141 Å². The Hall–Kier alpha value is -2.89. The molecule has 24 heavy (non-hydrogen) atoms. The number of hydrogen-bond donors (Lipinski definition) is 1. The first-order chi connectivity index (χ1) is 11.3. The summed E-state index contributed by atoms with van der Waals surface area (Å²) in [5, 5.41) is 10.9. The molecule has 1 amide bonds. The lowest BCUT2D eigenvalue weighted by molar-refractivity contribution is -0.384. The lowest BCUT2D eigenvalue weighted by Crippen LogP contribution is -2.36. The molecule has 0 saturated heterocycles. The van der Waals surface area contributed by atoms with Crippen molar-refractivity contribution < 1.29 is 9.72 Å². The van der Waals surface area contributed by atoms with E-state index in [-0.39, 0.29) is 28.9 Å². The summed E-state index contributed by atoms with van der Waals surface area (Å²) in [6.07, 6.45) is 0.692. The Morgan fingerprint density at radius 2 is 1.88 bits per heavy atom. The zero-order chi connectivity index (χ0) is 17.9. The number of carbonyl (C=O) groups excluding carboxylic acids is 1. The van der Waals surface area contributed by atoms with E-state index in [0.29, 0.717) is 6.42 Å². The Morgan fingerprint density at radius 3 is 2.46 bits per heavy atom. The van der Waals surface area contributed by atoms with Gasteiger partial charge in [-0.05, 0) is 31.9 Å². The van der Waals surface area contributed by atoms with Crippen molar-refractivity contribution in [1.82, 2.24) is 4.90 Å². The van der Waals surface area contributed by atoms with Crippen molar-refractivity contribution >= 4 is 17.3 Å². The van der Waals surface area contributed by atoms with E-state index in [1.807, 2.05) is 38.1 Å². The molecule has 1 atom stereocenters. The first-order valence-electron chi connectivity index (χ1n) is 7.66. The summed E-state index contributed by atoms with van der Waals surface area (Å²) in [5.41, 5.74) is 8.38. The van der Waals surface area contributed by atoms with Gasteiger partial charge in [0.1, 0.15) is 0 Å². The number of rotatable bonds is 5. The predicted octanol–water partition coefficient (Wildman–Crippen LogP) is 3.19. The summed E-state index contributed by atoms with van der Waals surface area (Å²) in [6, 6.07) is 12.0. The molecular formula is C18H21N3O3. The van der Waals surface area contributed by atoms with Crippen LogP contribution in [-0.4, -0.2) is 28.8 Å². The van der Waals surface area contributed by atoms with E-state index in [2.05, 4.69) is 0 Å². The highest BCUT2D eigenvalue weighted by Gasteiger charge is 2.22. The van der Waals surface area contributed by atoms with Crippen LogP contribution in [0.3, 0.4) is 0 Å². The van der Waals surface area contributed by atoms with Gasteiger partial charge in [-0.15, -0.1) is 0 Å². The average Bonchev–Trinajstić information content (AvgIpc) is 2.55. The normalized spacial score (nSPS) is 11.8. The van der Waals surface area contributed by atoms with Crippen molar-refractivity contribution in [2.75, 3.05) is 12.8 Å². The van der Waals surface area contributed by atoms with Gasteiger partial charge in [-0.3, -0.25) is 14.9 Å². The van der Waals surface area contributed by atoms with Crippen LogP contribution in [0, 0.1) is 17.0 Å². The highest BCUT2D eigenvalue weighted by molar-refractivity contribution is 5.99. The average molecular weight is 327 g/mol. The van der Waals surface area contributed by atoms with Gasteiger partial charge in [0.25, 0.3) is 11.6 Å². The maximum absolute atomic E-state index is 12.6. The van der Waals surface area contributed by atoms with Crippen LogP contribution in [-0.2, 0) is 6.42 Å². The van der Waals surface area contributed by atoms with Crippen LogP contribution in [0.15, 0.2) is 42.5 Å². The van der Waals surface area contributed by atoms with Crippen molar-refractivity contribution in [3.05, 3.63) is 69.3 Å². The van der Waals surface area contributed by atoms with Crippen molar-refractivity contribution in [3.8, 4) is 0 Å². The molecule has 0 fully saturated rings. The summed E-state index contributed by atoms with van der Waals surface area (Å²) >= 11 is 0. The number of hydrogen-bond acceptors (Lipinski definition) is 4. The van der Waals surface area contributed by atoms with E-state index in [1.165, 1.54) is 23.8 Å². The number of anilines is 1. The lowest BCUT2D eigenvalue weighted by Gasteiger charge is -2.25. The van der Waals surface area contributed by atoms with E-state index in [1.54, 1.807) is 11.9 Å². The Kier molecular flexibility index (Phi) is 5.18. The fourth-order valence-electron chi connectivity index (χ4n) is 2.44. The number of nitro groups is 1. The number of aryl methyl sites for hydroxylation is 1. The van der Waals surface area contributed by atoms with Crippen LogP contribution in [0.4, 0.5) is 11.4 Å². The molecule has 0 aliphatic carbocycles. The first-order valence-corrected chi connectivity index (χ1v) is 7.66. The standard InChI is InChI=1S/C18H21N3O3/c1-12-4-6-14(7-5-12)10-13(2)20(3)18(22)16-11-15(21(23)24)8-9-17(16)19/h4-9,11,13H,10,19H2,1-3H3/t13-/m1/s1. The molecule has 2 N–H and O–H groups in total. The fourth-order valence-corrected chi connectivity index (χ4v) is 2.44. The van der Waals surface area contributed by atoms with Gasteiger partial charge < -0.3 is 10.6 Å². The molecule has 0 aliphatic heterocycles. The van der Waals surface area contributed by atoms with E-state index >= 15 is 0 Å². The third-order valence-corrected chi connectivity index (χ3v) is 4.11. The smallest absolute Gasteiger partial charge is 0.270 e. The number of nitrogen functional groups attached to an aromatic ring is 1. The van der Waals surface area contributed by atoms with Crippen LogP contribution in [0.2, 0.25) is 0 Å². The molecule has 0 heterocycles. The second kappa shape index (κ2) is 7.12. The number of nitro benzene ring substituents is 1. The summed E-state index contributed by atoms with van der Waals surface area (Å²) in [6.45, 7) is 3.96. The van der Waals surface area contributed by atoms with Crippen molar-refractivity contribution in [2.24, 2.45) is 0 Å². The first kappa shape index (κ1) is 17.5. The van der Waals surface area contributed by atoms with Crippen molar-refractivity contribution in [3.63, 3.8) is 0 Å². The van der Waals surface area contributed by atoms with Gasteiger partial charge in [-0.25, -0.2) is 0 Å². The number of nitrogens with two attached hydrogens (primary N) is 1. The van der Waals surface area contributed by atoms with Crippen LogP contribution < -0.4 is 5.73 Å². The topological polar surface area (TPSA) is 89.5 Å². The van der Waals surface area contributed by atoms with E-state index < -0.39 is 4.92 Å². The number of non-ortho nitro benzene ring substituents is 1. The van der Waals surface area contributed by atoms with Gasteiger partial charge in [-0.2, -0.15) is 0 Å². The maximum atomic E-state index is 12.6. The van der Waals surface area contributed by atoms with Crippen molar-refractivity contribution in [2.45, 2.75) is 26.3 Å². The minimum Gasteiger partial charge on any atom is -0.398 e. The second-order valence-corrected chi connectivity index (χ2v) is 5.98. The number of benzene rings is 2. The zero-order valence-electron chi connectivity index (χ0n) is 14.0. The van der Waals surface area contributed by atoms with E-state index in [0.717, 1.165) is 5.56 Å². The third-order valence-electron chi connectivity index (χ3n) is 4.11. The van der Waals surface area contributed by atoms with Crippen LogP contribution in [0.1, 0.15) is 28.4 Å². The molecule has 126 valence electrons. The molecule has 6 heteroatoms. The minimum atomic E-state index is -0.536. The molecule has 0 unspecified atom stereocenters. The Balaban J connectivity index is 2.17. The van der Waals surface area contributed by atoms with E-state index in [9.17, 15) is 14.9 Å². The molecule has 2 rings (SSSR count). The van der Waals surface area contributed by atoms with Gasteiger partial charge in [0.2, 0.25) is 0 Å². The zero-order valence-corrected chi connectivity index (χ0v) is 14.0. The van der Waals surface area contributed by atoms with Gasteiger partial charge >= 0.3 is 0 Å². The molecule has 0 saturated carbocycles. The highest BCUT2D eigenvalue weighted by Crippen LogP contribution is 2.22. The molecule has 0 spiro atoms. The number of amides is 1. The minimum absolute atomic E-state index is 0.0705. The van der Waals surface area contributed by atoms with Gasteiger partial charge in [0.15, 0.2) is 0 Å². The molecule has 2 aromatic rings. The highest BCUT2D eigenvalue weighted by atomic mass is 16.6. The predicted molar refractivity (Wildman–Crippen MR) is 93.9 cm³/mol. The van der Waals surface area contributed by atoms with Crippen molar-refractivity contribution in [1.29, 1.82) is 0 Å². The number of likely N-dealkylation sites (N-methyl/N-ethyl adjacent to an activating group) is 1. The number of nitrogens with zero attached hydrogens (tertiary/aromatic N) is 2. The summed E-state index contributed by atoms with van der Waals surface area (Å²) in [4.78, 5) is 24.6. The van der Waals surface area contributed by atoms with Crippen LogP contribution >= 0.6 is 0 Å². The fraction of sp³-hybridized carbons (Fsp3) is 0.278. The Bertz CT molecular complexity index is 757.